The quantitative estimate of drug-likeness (QED) is 0.708. The lowest BCUT2D eigenvalue weighted by atomic mass is 9.84. The van der Waals surface area contributed by atoms with Crippen LogP contribution < -0.4 is 0 Å². The predicted molar refractivity (Wildman–Crippen MR) is 67.9 cm³/mol. The molecule has 2 aliphatic rings. The fraction of sp³-hybridized carbons (Fsp3) is 0.857. The maximum Gasteiger partial charge on any atom is 0.329 e. The molecule has 0 spiro atoms. The molecule has 1 saturated heterocycles. The van der Waals surface area contributed by atoms with Crippen LogP contribution in [0.2, 0.25) is 0 Å². The Balaban J connectivity index is 1.98. The first-order chi connectivity index (χ1) is 8.38. The van der Waals surface area contributed by atoms with Gasteiger partial charge in [-0.1, -0.05) is 6.42 Å². The lowest BCUT2D eigenvalue weighted by molar-refractivity contribution is -0.164. The van der Waals surface area contributed by atoms with Crippen LogP contribution in [-0.2, 0) is 14.3 Å². The molecule has 0 radical (unpaired) electrons. The van der Waals surface area contributed by atoms with Gasteiger partial charge >= 0.3 is 5.97 Å². The zero-order valence-electron chi connectivity index (χ0n) is 11.6. The van der Waals surface area contributed by atoms with Crippen LogP contribution in [0.3, 0.4) is 0 Å². The molecule has 4 heteroatoms. The van der Waals surface area contributed by atoms with Gasteiger partial charge in [-0.15, -0.1) is 0 Å². The van der Waals surface area contributed by atoms with Gasteiger partial charge in [-0.3, -0.25) is 4.79 Å². The van der Waals surface area contributed by atoms with E-state index < -0.39 is 5.60 Å². The van der Waals surface area contributed by atoms with Crippen LogP contribution in [0, 0.1) is 5.92 Å². The van der Waals surface area contributed by atoms with Gasteiger partial charge in [0, 0.05) is 12.5 Å². The van der Waals surface area contributed by atoms with Gasteiger partial charge in [0.2, 0.25) is 5.91 Å². The van der Waals surface area contributed by atoms with E-state index in [-0.39, 0.29) is 23.8 Å². The molecule has 0 bridgehead atoms. The molecule has 2 fully saturated rings. The van der Waals surface area contributed by atoms with E-state index in [0.717, 1.165) is 32.1 Å². The number of carbonyl (C=O) groups is 2. The van der Waals surface area contributed by atoms with E-state index in [1.807, 2.05) is 20.8 Å². The summed E-state index contributed by atoms with van der Waals surface area (Å²) in [5.74, 6) is 0.0790. The zero-order valence-corrected chi connectivity index (χ0v) is 11.6. The Morgan fingerprint density at radius 2 is 1.78 bits per heavy atom. The lowest BCUT2D eigenvalue weighted by Crippen LogP contribution is -2.47. The number of ether oxygens (including phenoxy) is 1. The third-order valence-electron chi connectivity index (χ3n) is 3.67. The molecular weight excluding hydrogens is 230 g/mol. The first-order valence-corrected chi connectivity index (χ1v) is 6.92. The number of rotatable bonds is 2. The van der Waals surface area contributed by atoms with E-state index in [1.54, 1.807) is 4.90 Å². The maximum atomic E-state index is 12.2. The number of hydrogen-bond acceptors (Lipinski definition) is 3. The van der Waals surface area contributed by atoms with Crippen LogP contribution in [0.1, 0.15) is 52.9 Å². The molecular formula is C14H23NO3. The van der Waals surface area contributed by atoms with Gasteiger partial charge in [0.25, 0.3) is 0 Å². The number of esters is 1. The van der Waals surface area contributed by atoms with Crippen molar-refractivity contribution in [3.8, 4) is 0 Å². The van der Waals surface area contributed by atoms with Crippen molar-refractivity contribution in [1.29, 1.82) is 0 Å². The minimum atomic E-state index is -0.481. The smallest absolute Gasteiger partial charge is 0.329 e. The van der Waals surface area contributed by atoms with Gasteiger partial charge < -0.3 is 9.64 Å². The van der Waals surface area contributed by atoms with Crippen molar-refractivity contribution in [3.63, 3.8) is 0 Å². The summed E-state index contributed by atoms with van der Waals surface area (Å²) in [4.78, 5) is 26.1. The summed E-state index contributed by atoms with van der Waals surface area (Å²) < 4.78 is 5.40. The second-order valence-electron chi connectivity index (χ2n) is 6.35. The Labute approximate surface area is 109 Å². The van der Waals surface area contributed by atoms with Crippen LogP contribution in [0.15, 0.2) is 0 Å². The second kappa shape index (κ2) is 4.90. The highest BCUT2D eigenvalue weighted by molar-refractivity contribution is 5.87. The standard InChI is InChI=1S/C14H23NO3/c1-14(2,3)18-13(17)11-8-5-9-15(11)12(16)10-6-4-7-10/h10-11H,4-9H2,1-3H3/t11-/m0/s1. The van der Waals surface area contributed by atoms with E-state index in [4.69, 9.17) is 4.74 Å². The van der Waals surface area contributed by atoms with E-state index in [2.05, 4.69) is 0 Å². The van der Waals surface area contributed by atoms with E-state index in [0.29, 0.717) is 6.54 Å². The Morgan fingerprint density at radius 1 is 1.11 bits per heavy atom. The molecule has 2 rings (SSSR count). The van der Waals surface area contributed by atoms with Crippen molar-refractivity contribution in [2.45, 2.75) is 64.5 Å². The minimum Gasteiger partial charge on any atom is -0.458 e. The zero-order chi connectivity index (χ0) is 13.3. The highest BCUT2D eigenvalue weighted by Gasteiger charge is 2.40. The van der Waals surface area contributed by atoms with Crippen molar-refractivity contribution in [2.75, 3.05) is 6.54 Å². The molecule has 0 aromatic heterocycles. The molecule has 102 valence electrons. The minimum absolute atomic E-state index is 0.160. The monoisotopic (exact) mass is 253 g/mol. The van der Waals surface area contributed by atoms with Gasteiger partial charge in [-0.25, -0.2) is 4.79 Å². The van der Waals surface area contributed by atoms with Crippen molar-refractivity contribution >= 4 is 11.9 Å². The molecule has 1 aliphatic carbocycles. The Bertz CT molecular complexity index is 341. The molecule has 0 aromatic rings. The molecule has 0 unspecified atom stereocenters. The highest BCUT2D eigenvalue weighted by atomic mass is 16.6. The number of likely N-dealkylation sites (tertiary alicyclic amines) is 1. The molecule has 1 atom stereocenters. The van der Waals surface area contributed by atoms with Crippen molar-refractivity contribution < 1.29 is 14.3 Å². The van der Waals surface area contributed by atoms with Crippen LogP contribution in [-0.4, -0.2) is 35.0 Å². The molecule has 4 nitrogen and oxygen atoms in total. The van der Waals surface area contributed by atoms with Crippen molar-refractivity contribution in [1.82, 2.24) is 4.90 Å². The first kappa shape index (κ1) is 13.4. The average molecular weight is 253 g/mol. The van der Waals surface area contributed by atoms with E-state index >= 15 is 0 Å². The Kier molecular flexibility index (Phi) is 3.64. The SMILES string of the molecule is CC(C)(C)OC(=O)[C@@H]1CCCN1C(=O)C1CCC1. The summed E-state index contributed by atoms with van der Waals surface area (Å²) in [7, 11) is 0. The van der Waals surface area contributed by atoms with Crippen LogP contribution in [0.5, 0.6) is 0 Å². The summed E-state index contributed by atoms with van der Waals surface area (Å²) in [5.41, 5.74) is -0.481. The van der Waals surface area contributed by atoms with Gasteiger partial charge in [0.1, 0.15) is 11.6 Å². The average Bonchev–Trinajstić information content (AvgIpc) is 2.59. The molecule has 1 amide bonds. The molecule has 1 saturated carbocycles. The highest BCUT2D eigenvalue weighted by Crippen LogP contribution is 2.31. The summed E-state index contributed by atoms with van der Waals surface area (Å²) in [6, 6.07) is -0.350. The van der Waals surface area contributed by atoms with Gasteiger partial charge in [-0.05, 0) is 46.5 Å². The van der Waals surface area contributed by atoms with Gasteiger partial charge in [-0.2, -0.15) is 0 Å². The normalized spacial score (nSPS) is 24.8. The molecule has 1 heterocycles. The summed E-state index contributed by atoms with van der Waals surface area (Å²) in [5, 5.41) is 0. The van der Waals surface area contributed by atoms with Crippen LogP contribution >= 0.6 is 0 Å². The summed E-state index contributed by atoms with van der Waals surface area (Å²) in [6.07, 6.45) is 4.75. The lowest BCUT2D eigenvalue weighted by Gasteiger charge is -2.33. The largest absolute Gasteiger partial charge is 0.458 e. The van der Waals surface area contributed by atoms with Gasteiger partial charge in [0.05, 0.1) is 0 Å². The van der Waals surface area contributed by atoms with Crippen LogP contribution in [0.4, 0.5) is 0 Å². The molecule has 0 aromatic carbocycles. The maximum absolute atomic E-state index is 12.2. The second-order valence-corrected chi connectivity index (χ2v) is 6.35. The number of amides is 1. The third kappa shape index (κ3) is 2.85. The summed E-state index contributed by atoms with van der Waals surface area (Å²) >= 11 is 0. The Hall–Kier alpha value is -1.06. The van der Waals surface area contributed by atoms with Crippen molar-refractivity contribution in [2.24, 2.45) is 5.92 Å². The molecule has 0 N–H and O–H groups in total. The fourth-order valence-corrected chi connectivity index (χ4v) is 2.54. The van der Waals surface area contributed by atoms with Gasteiger partial charge in [0.15, 0.2) is 0 Å². The predicted octanol–water partition coefficient (Wildman–Crippen LogP) is 2.12. The van der Waals surface area contributed by atoms with E-state index in [9.17, 15) is 9.59 Å². The molecule has 18 heavy (non-hydrogen) atoms. The third-order valence-corrected chi connectivity index (χ3v) is 3.67. The van der Waals surface area contributed by atoms with Crippen molar-refractivity contribution in [3.05, 3.63) is 0 Å². The Morgan fingerprint density at radius 3 is 2.28 bits per heavy atom. The fourth-order valence-electron chi connectivity index (χ4n) is 2.54. The van der Waals surface area contributed by atoms with Crippen LogP contribution in [0.25, 0.3) is 0 Å². The number of hydrogen-bond donors (Lipinski definition) is 0. The first-order valence-electron chi connectivity index (χ1n) is 6.92. The number of carbonyl (C=O) groups excluding carboxylic acids is 2. The molecule has 1 aliphatic heterocycles. The van der Waals surface area contributed by atoms with E-state index in [1.165, 1.54) is 0 Å². The summed E-state index contributed by atoms with van der Waals surface area (Å²) in [6.45, 7) is 6.28. The topological polar surface area (TPSA) is 46.6 Å². The number of nitrogens with zero attached hydrogens (tertiary/aromatic N) is 1.